The van der Waals surface area contributed by atoms with E-state index in [4.69, 9.17) is 15.2 Å². The van der Waals surface area contributed by atoms with Gasteiger partial charge in [0.05, 0.1) is 13.2 Å². The second-order valence-corrected chi connectivity index (χ2v) is 5.26. The Morgan fingerprint density at radius 3 is 1.64 bits per heavy atom. The molecular formula is C17H38N4O4. The van der Waals surface area contributed by atoms with Crippen molar-refractivity contribution >= 4 is 11.8 Å². The zero-order valence-corrected chi connectivity index (χ0v) is 17.0. The van der Waals surface area contributed by atoms with Crippen molar-refractivity contribution < 1.29 is 19.1 Å². The first kappa shape index (κ1) is 26.0. The van der Waals surface area contributed by atoms with Gasteiger partial charge in [0.2, 0.25) is 11.8 Å². The maximum absolute atomic E-state index is 11.0. The van der Waals surface area contributed by atoms with Gasteiger partial charge in [-0.25, -0.2) is 0 Å². The number of likely N-dealkylation sites (N-methyl/N-ethyl adjacent to an activating group) is 3. The molecule has 2 aliphatic rings. The molecule has 0 spiro atoms. The largest absolute Gasteiger partial charge is 0.367 e. The molecule has 2 rings (SSSR count). The molecule has 0 bridgehead atoms. The molecule has 0 aromatic carbocycles. The molecule has 0 aromatic heterocycles. The molecular weight excluding hydrogens is 324 g/mol. The summed E-state index contributed by atoms with van der Waals surface area (Å²) in [7, 11) is 5.55. The van der Waals surface area contributed by atoms with Crippen molar-refractivity contribution in [3.05, 3.63) is 0 Å². The Morgan fingerprint density at radius 2 is 1.32 bits per heavy atom. The third-order valence-electron chi connectivity index (χ3n) is 3.40. The highest BCUT2D eigenvalue weighted by molar-refractivity contribution is 5.80. The molecule has 0 aromatic rings. The fraction of sp³-hybridized carbons (Fsp3) is 0.882. The van der Waals surface area contributed by atoms with Crippen LogP contribution in [0.2, 0.25) is 0 Å². The highest BCUT2D eigenvalue weighted by Crippen LogP contribution is 2.02. The van der Waals surface area contributed by atoms with Crippen molar-refractivity contribution in [2.45, 2.75) is 39.9 Å². The molecule has 25 heavy (non-hydrogen) atoms. The number of primary amides is 1. The fourth-order valence-electron chi connectivity index (χ4n) is 2.05. The second kappa shape index (κ2) is 16.3. The van der Waals surface area contributed by atoms with Crippen LogP contribution in [0.25, 0.3) is 0 Å². The summed E-state index contributed by atoms with van der Waals surface area (Å²) in [6, 6.07) is 0. The van der Waals surface area contributed by atoms with Gasteiger partial charge in [-0.15, -0.1) is 0 Å². The van der Waals surface area contributed by atoms with Gasteiger partial charge in [0.25, 0.3) is 0 Å². The van der Waals surface area contributed by atoms with Gasteiger partial charge < -0.3 is 30.3 Å². The van der Waals surface area contributed by atoms with Crippen LogP contribution in [0.15, 0.2) is 0 Å². The van der Waals surface area contributed by atoms with E-state index in [1.165, 1.54) is 0 Å². The van der Waals surface area contributed by atoms with Crippen LogP contribution in [0.1, 0.15) is 27.7 Å². The van der Waals surface area contributed by atoms with E-state index in [0.717, 1.165) is 13.1 Å². The van der Waals surface area contributed by atoms with Crippen molar-refractivity contribution in [3.63, 3.8) is 0 Å². The van der Waals surface area contributed by atoms with Gasteiger partial charge in [0.1, 0.15) is 12.2 Å². The fourth-order valence-corrected chi connectivity index (χ4v) is 2.05. The summed E-state index contributed by atoms with van der Waals surface area (Å²) in [6.07, 6.45) is -0.683. The summed E-state index contributed by atoms with van der Waals surface area (Å²) >= 11 is 0. The van der Waals surface area contributed by atoms with Gasteiger partial charge in [-0.05, 0) is 14.1 Å². The highest BCUT2D eigenvalue weighted by atomic mass is 16.5. The van der Waals surface area contributed by atoms with Crippen LogP contribution in [-0.4, -0.2) is 94.4 Å². The maximum atomic E-state index is 11.0. The Balaban J connectivity index is 0. The SMILES string of the molecule is CC.CC.CN1CCOC(C(N)=O)C1.CNC(=O)C1CN(C)CCO1. The van der Waals surface area contributed by atoms with E-state index < -0.39 is 6.10 Å². The van der Waals surface area contributed by atoms with Crippen LogP contribution in [0.4, 0.5) is 0 Å². The third-order valence-corrected chi connectivity index (χ3v) is 3.40. The van der Waals surface area contributed by atoms with Gasteiger partial charge in [0, 0.05) is 33.2 Å². The van der Waals surface area contributed by atoms with E-state index in [2.05, 4.69) is 10.2 Å². The van der Waals surface area contributed by atoms with Crippen LogP contribution >= 0.6 is 0 Å². The van der Waals surface area contributed by atoms with E-state index in [-0.39, 0.29) is 17.9 Å². The van der Waals surface area contributed by atoms with E-state index >= 15 is 0 Å². The number of rotatable bonds is 2. The molecule has 2 amide bonds. The molecule has 2 unspecified atom stereocenters. The van der Waals surface area contributed by atoms with E-state index in [0.29, 0.717) is 26.3 Å². The standard InChI is InChI=1S/C7H14N2O2.C6H12N2O2.2C2H6/c1-8-7(10)6-5-9(2)3-4-11-6;1-8-2-3-10-5(4-8)6(7)9;2*1-2/h6H,3-5H2,1-2H3,(H,8,10);5H,2-4H2,1H3,(H2,7,9);2*1-2H3. The first-order valence-corrected chi connectivity index (χ1v) is 9.05. The van der Waals surface area contributed by atoms with Crippen molar-refractivity contribution in [1.82, 2.24) is 15.1 Å². The molecule has 0 aliphatic carbocycles. The van der Waals surface area contributed by atoms with Crippen molar-refractivity contribution in [2.24, 2.45) is 5.73 Å². The summed E-state index contributed by atoms with van der Waals surface area (Å²) in [4.78, 5) is 25.7. The van der Waals surface area contributed by atoms with Gasteiger partial charge in [-0.1, -0.05) is 27.7 Å². The molecule has 8 nitrogen and oxygen atoms in total. The molecule has 3 N–H and O–H groups in total. The molecule has 150 valence electrons. The number of hydrogen-bond donors (Lipinski definition) is 2. The summed E-state index contributed by atoms with van der Waals surface area (Å²) in [5, 5.41) is 2.56. The minimum Gasteiger partial charge on any atom is -0.367 e. The van der Waals surface area contributed by atoms with Gasteiger partial charge in [-0.2, -0.15) is 0 Å². The normalized spacial score (nSPS) is 23.5. The topological polar surface area (TPSA) is 97.1 Å². The lowest BCUT2D eigenvalue weighted by molar-refractivity contribution is -0.137. The predicted octanol–water partition coefficient (Wildman–Crippen LogP) is -0.0823. The molecule has 0 radical (unpaired) electrons. The van der Waals surface area contributed by atoms with Crippen LogP contribution in [-0.2, 0) is 19.1 Å². The van der Waals surface area contributed by atoms with Crippen molar-refractivity contribution in [2.75, 3.05) is 60.5 Å². The number of nitrogens with two attached hydrogens (primary N) is 1. The smallest absolute Gasteiger partial charge is 0.250 e. The number of hydrogen-bond acceptors (Lipinski definition) is 6. The summed E-state index contributed by atoms with van der Waals surface area (Å²) in [5.74, 6) is -0.400. The van der Waals surface area contributed by atoms with Crippen molar-refractivity contribution in [1.29, 1.82) is 0 Å². The zero-order chi connectivity index (χ0) is 19.8. The molecule has 2 heterocycles. The van der Waals surface area contributed by atoms with Crippen molar-refractivity contribution in [3.8, 4) is 0 Å². The summed E-state index contributed by atoms with van der Waals surface area (Å²) in [5.41, 5.74) is 5.04. The quantitative estimate of drug-likeness (QED) is 0.713. The lowest BCUT2D eigenvalue weighted by atomic mass is 10.3. The van der Waals surface area contributed by atoms with Gasteiger partial charge in [-0.3, -0.25) is 9.59 Å². The van der Waals surface area contributed by atoms with Crippen LogP contribution < -0.4 is 11.1 Å². The van der Waals surface area contributed by atoms with Crippen LogP contribution in [0, 0.1) is 0 Å². The lowest BCUT2D eigenvalue weighted by Crippen LogP contribution is -2.47. The Morgan fingerprint density at radius 1 is 0.920 bits per heavy atom. The molecule has 2 aliphatic heterocycles. The molecule has 2 saturated heterocycles. The second-order valence-electron chi connectivity index (χ2n) is 5.26. The number of carbonyl (C=O) groups is 2. The Labute approximate surface area is 153 Å². The lowest BCUT2D eigenvalue weighted by Gasteiger charge is -2.28. The Bertz CT molecular complexity index is 356. The Kier molecular flexibility index (Phi) is 16.9. The van der Waals surface area contributed by atoms with Gasteiger partial charge in [0.15, 0.2) is 0 Å². The van der Waals surface area contributed by atoms with E-state index in [1.807, 2.05) is 46.7 Å². The number of nitrogens with one attached hydrogen (secondary N) is 1. The Hall–Kier alpha value is -1.22. The molecule has 2 atom stereocenters. The number of nitrogens with zero attached hydrogens (tertiary/aromatic N) is 2. The third kappa shape index (κ3) is 11.9. The highest BCUT2D eigenvalue weighted by Gasteiger charge is 2.23. The first-order valence-electron chi connectivity index (χ1n) is 9.05. The van der Waals surface area contributed by atoms with Gasteiger partial charge >= 0.3 is 0 Å². The zero-order valence-electron chi connectivity index (χ0n) is 17.0. The van der Waals surface area contributed by atoms with E-state index in [1.54, 1.807) is 7.05 Å². The number of carbonyl (C=O) groups excluding carboxylic acids is 2. The average molecular weight is 363 g/mol. The average Bonchev–Trinajstić information content (AvgIpc) is 2.65. The van der Waals surface area contributed by atoms with Crippen LogP contribution in [0.3, 0.4) is 0 Å². The minimum atomic E-state index is -0.404. The number of ether oxygens (including phenoxy) is 2. The number of morpholine rings is 2. The molecule has 8 heteroatoms. The maximum Gasteiger partial charge on any atom is 0.250 e. The predicted molar refractivity (Wildman–Crippen MR) is 100 cm³/mol. The van der Waals surface area contributed by atoms with Crippen LogP contribution in [0.5, 0.6) is 0 Å². The molecule has 0 saturated carbocycles. The summed E-state index contributed by atoms with van der Waals surface area (Å²) in [6.45, 7) is 12.4. The first-order chi connectivity index (χ1) is 11.9. The molecule has 2 fully saturated rings. The summed E-state index contributed by atoms with van der Waals surface area (Å²) < 4.78 is 10.3. The number of amides is 2. The van der Waals surface area contributed by atoms with E-state index in [9.17, 15) is 9.59 Å². The minimum absolute atomic E-state index is 0.0310. The monoisotopic (exact) mass is 362 g/mol.